The fourth-order valence-electron chi connectivity index (χ4n) is 1.45. The largest absolute Gasteiger partial charge is 0.326 e. The van der Waals surface area contributed by atoms with Gasteiger partial charge in [0.25, 0.3) is 0 Å². The Hall–Kier alpha value is -1.50. The Kier molecular flexibility index (Phi) is 3.68. The van der Waals surface area contributed by atoms with Crippen molar-refractivity contribution in [2.75, 3.05) is 5.32 Å². The number of amides is 1. The Morgan fingerprint density at radius 1 is 1.29 bits per heavy atom. The van der Waals surface area contributed by atoms with E-state index in [1.807, 2.05) is 30.3 Å². The molecule has 0 atom stereocenters. The van der Waals surface area contributed by atoms with Gasteiger partial charge in [0.2, 0.25) is 5.91 Å². The highest BCUT2D eigenvalue weighted by Gasteiger charge is 2.02. The van der Waals surface area contributed by atoms with Crippen molar-refractivity contribution in [3.05, 3.63) is 40.4 Å². The van der Waals surface area contributed by atoms with Gasteiger partial charge in [0.15, 0.2) is 0 Å². The van der Waals surface area contributed by atoms with Crippen LogP contribution < -0.4 is 5.32 Å². The fourth-order valence-corrected chi connectivity index (χ4v) is 1.87. The number of halogens is 1. The molecule has 1 aromatic carbocycles. The molecule has 1 heterocycles. The van der Waals surface area contributed by atoms with Crippen LogP contribution in [0.1, 0.15) is 6.92 Å². The number of carbonyl (C=O) groups is 1. The first kappa shape index (κ1) is 12.0. The van der Waals surface area contributed by atoms with Crippen molar-refractivity contribution < 1.29 is 4.79 Å². The molecule has 2 aromatic rings. The Bertz CT molecular complexity index is 557. The molecular weight excluding hydrogens is 329 g/mol. The molecule has 0 aliphatic rings. The zero-order chi connectivity index (χ0) is 12.3. The van der Waals surface area contributed by atoms with Crippen LogP contribution in [0.15, 0.2) is 36.7 Å². The maximum Gasteiger partial charge on any atom is 0.221 e. The van der Waals surface area contributed by atoms with Crippen LogP contribution in [-0.2, 0) is 4.79 Å². The third kappa shape index (κ3) is 3.23. The minimum Gasteiger partial charge on any atom is -0.326 e. The molecule has 0 unspecified atom stereocenters. The first-order valence-corrected chi connectivity index (χ1v) is 6.08. The van der Waals surface area contributed by atoms with E-state index < -0.39 is 0 Å². The van der Waals surface area contributed by atoms with Gasteiger partial charge in [-0.05, 0) is 40.8 Å². The number of benzene rings is 1. The summed E-state index contributed by atoms with van der Waals surface area (Å²) in [4.78, 5) is 19.2. The van der Waals surface area contributed by atoms with Gasteiger partial charge in [-0.1, -0.05) is 12.1 Å². The van der Waals surface area contributed by atoms with Crippen molar-refractivity contribution in [2.24, 2.45) is 0 Å². The number of hydrogen-bond acceptors (Lipinski definition) is 3. The lowest BCUT2D eigenvalue weighted by Crippen LogP contribution is -2.05. The minimum atomic E-state index is -0.0839. The molecule has 0 bridgehead atoms. The molecule has 1 amide bonds. The van der Waals surface area contributed by atoms with Gasteiger partial charge in [0, 0.05) is 18.2 Å². The van der Waals surface area contributed by atoms with Crippen LogP contribution in [0.5, 0.6) is 0 Å². The maximum atomic E-state index is 11.0. The van der Waals surface area contributed by atoms with Gasteiger partial charge in [-0.15, -0.1) is 0 Å². The molecule has 86 valence electrons. The van der Waals surface area contributed by atoms with Crippen molar-refractivity contribution >= 4 is 34.2 Å². The first-order chi connectivity index (χ1) is 8.15. The number of nitrogens with one attached hydrogen (secondary N) is 1. The van der Waals surface area contributed by atoms with Crippen LogP contribution in [0.4, 0.5) is 5.69 Å². The lowest BCUT2D eigenvalue weighted by molar-refractivity contribution is -0.114. The van der Waals surface area contributed by atoms with E-state index in [0.717, 1.165) is 20.6 Å². The topological polar surface area (TPSA) is 54.9 Å². The first-order valence-electron chi connectivity index (χ1n) is 5.01. The monoisotopic (exact) mass is 339 g/mol. The predicted octanol–water partition coefficient (Wildman–Crippen LogP) is 2.71. The molecule has 2 rings (SSSR count). The fraction of sp³-hybridized carbons (Fsp3) is 0.0833. The highest BCUT2D eigenvalue weighted by Crippen LogP contribution is 2.21. The molecule has 17 heavy (non-hydrogen) atoms. The van der Waals surface area contributed by atoms with Gasteiger partial charge in [0.05, 0.1) is 5.69 Å². The van der Waals surface area contributed by atoms with Crippen LogP contribution in [-0.4, -0.2) is 15.9 Å². The Balaban J connectivity index is 2.36. The summed E-state index contributed by atoms with van der Waals surface area (Å²) in [6.45, 7) is 1.49. The zero-order valence-electron chi connectivity index (χ0n) is 9.14. The van der Waals surface area contributed by atoms with Crippen molar-refractivity contribution in [2.45, 2.75) is 6.92 Å². The summed E-state index contributed by atoms with van der Waals surface area (Å²) in [6.07, 6.45) is 1.53. The van der Waals surface area contributed by atoms with Gasteiger partial charge >= 0.3 is 0 Å². The quantitative estimate of drug-likeness (QED) is 0.676. The van der Waals surface area contributed by atoms with E-state index in [9.17, 15) is 4.79 Å². The van der Waals surface area contributed by atoms with Crippen LogP contribution >= 0.6 is 22.6 Å². The van der Waals surface area contributed by atoms with Crippen LogP contribution in [0, 0.1) is 3.70 Å². The highest BCUT2D eigenvalue weighted by atomic mass is 127. The third-order valence-corrected chi connectivity index (χ3v) is 2.70. The molecule has 0 fully saturated rings. The van der Waals surface area contributed by atoms with Gasteiger partial charge in [-0.25, -0.2) is 9.97 Å². The minimum absolute atomic E-state index is 0.0839. The third-order valence-electron chi connectivity index (χ3n) is 2.11. The van der Waals surface area contributed by atoms with Gasteiger partial charge < -0.3 is 5.32 Å². The summed E-state index contributed by atoms with van der Waals surface area (Å²) in [5.41, 5.74) is 2.57. The summed E-state index contributed by atoms with van der Waals surface area (Å²) in [7, 11) is 0. The maximum absolute atomic E-state index is 11.0. The van der Waals surface area contributed by atoms with Crippen molar-refractivity contribution in [3.8, 4) is 11.3 Å². The second kappa shape index (κ2) is 5.22. The molecule has 0 radical (unpaired) electrons. The SMILES string of the molecule is CC(=O)Nc1cccc(-c2cc(I)ncn2)c1. The van der Waals surface area contributed by atoms with E-state index in [4.69, 9.17) is 0 Å². The molecule has 0 saturated heterocycles. The van der Waals surface area contributed by atoms with E-state index in [1.54, 1.807) is 0 Å². The smallest absolute Gasteiger partial charge is 0.221 e. The van der Waals surface area contributed by atoms with Gasteiger partial charge in [0.1, 0.15) is 10.0 Å². The molecule has 0 spiro atoms. The van der Waals surface area contributed by atoms with Crippen molar-refractivity contribution in [1.82, 2.24) is 9.97 Å². The van der Waals surface area contributed by atoms with E-state index in [0.29, 0.717) is 0 Å². The molecule has 1 N–H and O–H groups in total. The Labute approximate surface area is 113 Å². The molecule has 0 aliphatic carbocycles. The summed E-state index contributed by atoms with van der Waals surface area (Å²) in [6, 6.07) is 9.46. The van der Waals surface area contributed by atoms with E-state index >= 15 is 0 Å². The van der Waals surface area contributed by atoms with E-state index in [1.165, 1.54) is 13.3 Å². The van der Waals surface area contributed by atoms with Crippen LogP contribution in [0.3, 0.4) is 0 Å². The van der Waals surface area contributed by atoms with Crippen LogP contribution in [0.2, 0.25) is 0 Å². The average molecular weight is 339 g/mol. The number of carbonyl (C=O) groups excluding carboxylic acids is 1. The summed E-state index contributed by atoms with van der Waals surface area (Å²) >= 11 is 2.14. The zero-order valence-corrected chi connectivity index (χ0v) is 11.3. The predicted molar refractivity (Wildman–Crippen MR) is 74.5 cm³/mol. The van der Waals surface area contributed by atoms with Gasteiger partial charge in [-0.2, -0.15) is 0 Å². The second-order valence-electron chi connectivity index (χ2n) is 3.49. The average Bonchev–Trinajstić information content (AvgIpc) is 2.28. The molecule has 4 nitrogen and oxygen atoms in total. The standard InChI is InChI=1S/C12H10IN3O/c1-8(17)16-10-4-2-3-9(5-10)11-6-12(13)15-7-14-11/h2-7H,1H3,(H,16,17). The van der Waals surface area contributed by atoms with E-state index in [-0.39, 0.29) is 5.91 Å². The number of rotatable bonds is 2. The second-order valence-corrected chi connectivity index (χ2v) is 4.59. The number of nitrogens with zero attached hydrogens (tertiary/aromatic N) is 2. The summed E-state index contributed by atoms with van der Waals surface area (Å²) in [5.74, 6) is -0.0839. The molecule has 0 aliphatic heterocycles. The number of anilines is 1. The molecule has 1 aromatic heterocycles. The summed E-state index contributed by atoms with van der Waals surface area (Å²) < 4.78 is 0.887. The lowest BCUT2D eigenvalue weighted by Gasteiger charge is -2.05. The van der Waals surface area contributed by atoms with Gasteiger partial charge in [-0.3, -0.25) is 4.79 Å². The Morgan fingerprint density at radius 2 is 2.12 bits per heavy atom. The Morgan fingerprint density at radius 3 is 2.82 bits per heavy atom. The van der Waals surface area contributed by atoms with Crippen LogP contribution in [0.25, 0.3) is 11.3 Å². The number of hydrogen-bond donors (Lipinski definition) is 1. The molecule has 5 heteroatoms. The normalized spacial score (nSPS) is 10.0. The summed E-state index contributed by atoms with van der Waals surface area (Å²) in [5, 5.41) is 2.75. The number of aromatic nitrogens is 2. The van der Waals surface area contributed by atoms with Crippen molar-refractivity contribution in [1.29, 1.82) is 0 Å². The van der Waals surface area contributed by atoms with E-state index in [2.05, 4.69) is 37.9 Å². The van der Waals surface area contributed by atoms with Crippen molar-refractivity contribution in [3.63, 3.8) is 0 Å². The molecular formula is C12H10IN3O. The highest BCUT2D eigenvalue weighted by molar-refractivity contribution is 14.1. The lowest BCUT2D eigenvalue weighted by atomic mass is 10.1. The molecule has 0 saturated carbocycles.